The molecule has 1 unspecified atom stereocenters. The fraction of sp³-hybridized carbons (Fsp3) is 0.235. The number of nitrogens with zero attached hydrogens (tertiary/aromatic N) is 4. The van der Waals surface area contributed by atoms with Crippen molar-refractivity contribution in [1.29, 1.82) is 0 Å². The summed E-state index contributed by atoms with van der Waals surface area (Å²) < 4.78 is 2.19. The fourth-order valence-corrected chi connectivity index (χ4v) is 2.89. The first-order valence-corrected chi connectivity index (χ1v) is 7.39. The van der Waals surface area contributed by atoms with Gasteiger partial charge in [-0.05, 0) is 36.3 Å². The Hall–Kier alpha value is -2.53. The fourth-order valence-electron chi connectivity index (χ4n) is 2.89. The Labute approximate surface area is 128 Å². The van der Waals surface area contributed by atoms with Crippen LogP contribution in [0.4, 0.5) is 0 Å². The summed E-state index contributed by atoms with van der Waals surface area (Å²) in [6.45, 7) is 0.871. The molecule has 3 heterocycles. The Morgan fingerprint density at radius 1 is 1.18 bits per heavy atom. The van der Waals surface area contributed by atoms with E-state index >= 15 is 0 Å². The smallest absolute Gasteiger partial charge is 0.133 e. The quantitative estimate of drug-likeness (QED) is 0.799. The maximum atomic E-state index is 10.3. The van der Waals surface area contributed by atoms with Gasteiger partial charge in [0.25, 0.3) is 0 Å². The van der Waals surface area contributed by atoms with Crippen LogP contribution in [0, 0.1) is 0 Å². The van der Waals surface area contributed by atoms with Gasteiger partial charge in [0.15, 0.2) is 0 Å². The molecule has 1 aliphatic heterocycles. The van der Waals surface area contributed by atoms with E-state index in [0.717, 1.165) is 29.0 Å². The average Bonchev–Trinajstić information content (AvgIpc) is 3.09. The molecule has 110 valence electrons. The lowest BCUT2D eigenvalue weighted by molar-refractivity contribution is 0.173. The molecule has 2 aromatic heterocycles. The summed E-state index contributed by atoms with van der Waals surface area (Å²) >= 11 is 0. The van der Waals surface area contributed by atoms with Crippen LogP contribution in [-0.2, 0) is 19.4 Å². The Balaban J connectivity index is 1.54. The van der Waals surface area contributed by atoms with Gasteiger partial charge in [-0.2, -0.15) is 0 Å². The predicted molar refractivity (Wildman–Crippen MR) is 84.2 cm³/mol. The minimum Gasteiger partial charge on any atom is -0.392 e. The molecule has 0 saturated heterocycles. The maximum absolute atomic E-state index is 10.3. The van der Waals surface area contributed by atoms with Crippen molar-refractivity contribution in [1.82, 2.24) is 19.5 Å². The number of benzene rings is 1. The normalized spacial score (nSPS) is 14.4. The van der Waals surface area contributed by atoms with Crippen LogP contribution < -0.4 is 0 Å². The Morgan fingerprint density at radius 2 is 2.05 bits per heavy atom. The van der Waals surface area contributed by atoms with Gasteiger partial charge in [-0.25, -0.2) is 15.0 Å². The molecule has 0 radical (unpaired) electrons. The van der Waals surface area contributed by atoms with Gasteiger partial charge in [0.1, 0.15) is 11.6 Å². The Bertz CT molecular complexity index is 838. The number of aliphatic hydroxyl groups is 1. The Kier molecular flexibility index (Phi) is 3.20. The minimum atomic E-state index is -0.487. The van der Waals surface area contributed by atoms with Crippen LogP contribution in [0.2, 0.25) is 0 Å². The van der Waals surface area contributed by atoms with Crippen molar-refractivity contribution in [3.8, 4) is 0 Å². The van der Waals surface area contributed by atoms with Crippen LogP contribution in [0.5, 0.6) is 0 Å². The summed E-state index contributed by atoms with van der Waals surface area (Å²) in [5.41, 5.74) is 3.23. The average molecular weight is 292 g/mol. The number of aromatic nitrogens is 4. The topological polar surface area (TPSA) is 63.8 Å². The molecule has 4 rings (SSSR count). The van der Waals surface area contributed by atoms with Gasteiger partial charge in [0.05, 0.1) is 17.1 Å². The highest BCUT2D eigenvalue weighted by atomic mass is 16.3. The largest absolute Gasteiger partial charge is 0.392 e. The third-order valence-corrected chi connectivity index (χ3v) is 3.91. The molecule has 5 nitrogen and oxygen atoms in total. The molecular formula is C17H16N4O. The van der Waals surface area contributed by atoms with Crippen molar-refractivity contribution in [2.24, 2.45) is 0 Å². The first-order valence-electron chi connectivity index (χ1n) is 7.39. The molecule has 22 heavy (non-hydrogen) atoms. The van der Waals surface area contributed by atoms with E-state index in [0.29, 0.717) is 18.7 Å². The van der Waals surface area contributed by atoms with Gasteiger partial charge in [-0.1, -0.05) is 12.1 Å². The molecule has 5 heteroatoms. The molecule has 0 amide bonds. The van der Waals surface area contributed by atoms with Gasteiger partial charge in [0, 0.05) is 25.4 Å². The number of imidazole rings is 1. The van der Waals surface area contributed by atoms with Crippen molar-refractivity contribution in [3.63, 3.8) is 0 Å². The molecule has 0 bridgehead atoms. The zero-order chi connectivity index (χ0) is 14.9. The van der Waals surface area contributed by atoms with Crippen LogP contribution in [0.25, 0.3) is 17.1 Å². The van der Waals surface area contributed by atoms with Gasteiger partial charge in [-0.15, -0.1) is 0 Å². The molecule has 1 atom stereocenters. The minimum absolute atomic E-state index is 0.463. The number of hydrogen-bond acceptors (Lipinski definition) is 4. The molecule has 0 aliphatic carbocycles. The van der Waals surface area contributed by atoms with Gasteiger partial charge in [-0.3, -0.25) is 0 Å². The van der Waals surface area contributed by atoms with Crippen molar-refractivity contribution in [3.05, 3.63) is 59.9 Å². The molecule has 1 aliphatic rings. The number of aliphatic hydroxyl groups excluding tert-OH is 1. The standard InChI is InChI=1S/C17H16N4O/c22-13(11-16-18-6-2-7-19-16)9-12-4-5-14-15(10-12)21-8-1-3-17(21)20-14/h1-7,10,13,22H,8-9,11H2. The molecule has 0 spiro atoms. The van der Waals surface area contributed by atoms with Crippen LogP contribution in [0.1, 0.15) is 17.2 Å². The molecule has 1 aromatic carbocycles. The lowest BCUT2D eigenvalue weighted by Gasteiger charge is -2.10. The van der Waals surface area contributed by atoms with Crippen LogP contribution in [-0.4, -0.2) is 30.7 Å². The number of allylic oxidation sites excluding steroid dienone is 1. The van der Waals surface area contributed by atoms with Crippen LogP contribution in [0.3, 0.4) is 0 Å². The third-order valence-electron chi connectivity index (χ3n) is 3.91. The maximum Gasteiger partial charge on any atom is 0.133 e. The zero-order valence-electron chi connectivity index (χ0n) is 12.1. The first kappa shape index (κ1) is 13.2. The highest BCUT2D eigenvalue weighted by molar-refractivity contribution is 5.79. The van der Waals surface area contributed by atoms with E-state index in [2.05, 4.69) is 31.7 Å². The van der Waals surface area contributed by atoms with Crippen molar-refractivity contribution in [2.45, 2.75) is 25.5 Å². The van der Waals surface area contributed by atoms with Crippen molar-refractivity contribution < 1.29 is 5.11 Å². The van der Waals surface area contributed by atoms with E-state index in [1.165, 1.54) is 0 Å². The molecule has 0 saturated carbocycles. The second-order valence-electron chi connectivity index (χ2n) is 5.53. The van der Waals surface area contributed by atoms with Crippen molar-refractivity contribution in [2.75, 3.05) is 0 Å². The van der Waals surface area contributed by atoms with E-state index < -0.39 is 6.10 Å². The van der Waals surface area contributed by atoms with Gasteiger partial charge >= 0.3 is 0 Å². The summed E-state index contributed by atoms with van der Waals surface area (Å²) in [4.78, 5) is 12.9. The van der Waals surface area contributed by atoms with Gasteiger partial charge < -0.3 is 9.67 Å². The van der Waals surface area contributed by atoms with Gasteiger partial charge in [0.2, 0.25) is 0 Å². The lowest BCUT2D eigenvalue weighted by Crippen LogP contribution is -2.15. The molecule has 3 aromatic rings. The highest BCUT2D eigenvalue weighted by Crippen LogP contribution is 2.23. The summed E-state index contributed by atoms with van der Waals surface area (Å²) in [7, 11) is 0. The van der Waals surface area contributed by atoms with E-state index in [4.69, 9.17) is 0 Å². The molecular weight excluding hydrogens is 276 g/mol. The van der Waals surface area contributed by atoms with E-state index in [9.17, 15) is 5.11 Å². The number of hydrogen-bond donors (Lipinski definition) is 1. The molecule has 1 N–H and O–H groups in total. The van der Waals surface area contributed by atoms with E-state index in [1.54, 1.807) is 18.5 Å². The van der Waals surface area contributed by atoms with Crippen LogP contribution >= 0.6 is 0 Å². The zero-order valence-corrected chi connectivity index (χ0v) is 12.1. The van der Waals surface area contributed by atoms with Crippen LogP contribution in [0.15, 0.2) is 42.7 Å². The molecule has 0 fully saturated rings. The van der Waals surface area contributed by atoms with Crippen molar-refractivity contribution >= 4 is 17.1 Å². The predicted octanol–water partition coefficient (Wildman–Crippen LogP) is 2.00. The summed E-state index contributed by atoms with van der Waals surface area (Å²) in [5.74, 6) is 1.68. The monoisotopic (exact) mass is 292 g/mol. The van der Waals surface area contributed by atoms with E-state index in [-0.39, 0.29) is 0 Å². The second-order valence-corrected chi connectivity index (χ2v) is 5.53. The number of rotatable bonds is 4. The summed E-state index contributed by atoms with van der Waals surface area (Å²) in [5, 5.41) is 10.3. The lowest BCUT2D eigenvalue weighted by atomic mass is 10.0. The van der Waals surface area contributed by atoms with E-state index in [1.807, 2.05) is 18.2 Å². The Morgan fingerprint density at radius 3 is 2.91 bits per heavy atom. The second kappa shape index (κ2) is 5.35. The third kappa shape index (κ3) is 2.40. The summed E-state index contributed by atoms with van der Waals surface area (Å²) in [6.07, 6.45) is 8.11. The number of fused-ring (bicyclic) bond motifs is 3. The first-order chi connectivity index (χ1) is 10.8. The SMILES string of the molecule is OC(Cc1ccc2nc3n(c2c1)CC=C3)Cc1ncccn1. The highest BCUT2D eigenvalue weighted by Gasteiger charge is 2.14. The summed E-state index contributed by atoms with van der Waals surface area (Å²) in [6, 6.07) is 7.95.